The third-order valence-electron chi connectivity index (χ3n) is 6.29. The second-order valence-corrected chi connectivity index (χ2v) is 11.8. The summed E-state index contributed by atoms with van der Waals surface area (Å²) in [6.45, 7) is 5.23. The molecule has 1 atom stereocenters. The zero-order valence-corrected chi connectivity index (χ0v) is 25.2. The fourth-order valence-electron chi connectivity index (χ4n) is 4.21. The van der Waals surface area contributed by atoms with E-state index in [1.165, 1.54) is 42.3 Å². The van der Waals surface area contributed by atoms with E-state index < -0.39 is 28.5 Å². The lowest BCUT2D eigenvalue weighted by atomic mass is 10.1. The number of carbonyl (C=O) groups is 2. The molecule has 8 nitrogen and oxygen atoms in total. The van der Waals surface area contributed by atoms with Crippen LogP contribution in [-0.2, 0) is 26.2 Å². The van der Waals surface area contributed by atoms with Crippen LogP contribution in [0.1, 0.15) is 31.4 Å². The van der Waals surface area contributed by atoms with Crippen molar-refractivity contribution in [3.05, 3.63) is 87.9 Å². The molecule has 0 aliphatic rings. The molecule has 0 bridgehead atoms. The number of amides is 2. The molecule has 0 aliphatic carbocycles. The summed E-state index contributed by atoms with van der Waals surface area (Å²) < 4.78 is 34.1. The molecular formula is C29H33Cl2N3O5S. The number of benzene rings is 3. The van der Waals surface area contributed by atoms with Crippen LogP contribution in [0.3, 0.4) is 0 Å². The highest BCUT2D eigenvalue weighted by Gasteiger charge is 2.34. The minimum atomic E-state index is -4.26. The largest absolute Gasteiger partial charge is 0.497 e. The van der Waals surface area contributed by atoms with Gasteiger partial charge in [-0.1, -0.05) is 60.0 Å². The monoisotopic (exact) mass is 605 g/mol. The highest BCUT2D eigenvalue weighted by molar-refractivity contribution is 7.92. The molecular weight excluding hydrogens is 573 g/mol. The standard InChI is InChI=1S/C29H33Cl2N3O5S/c1-5-26(29(36)32-6-2)33(18-21-8-7-9-23(16-21)39-4)28(35)19-34(27-17-22(30)12-15-25(27)31)40(37,38)24-13-10-20(3)11-14-24/h7-17,26H,5-6,18-19H2,1-4H3,(H,32,36)/t26-/m1/s1. The summed E-state index contributed by atoms with van der Waals surface area (Å²) in [6, 6.07) is 17.0. The summed E-state index contributed by atoms with van der Waals surface area (Å²) in [7, 11) is -2.73. The average Bonchev–Trinajstić information content (AvgIpc) is 2.93. The number of carbonyl (C=O) groups excluding carboxylic acids is 2. The number of halogens is 2. The third-order valence-corrected chi connectivity index (χ3v) is 8.62. The number of hydrogen-bond acceptors (Lipinski definition) is 5. The van der Waals surface area contributed by atoms with Gasteiger partial charge in [-0.25, -0.2) is 8.42 Å². The average molecular weight is 607 g/mol. The number of hydrogen-bond donors (Lipinski definition) is 1. The molecule has 0 heterocycles. The van der Waals surface area contributed by atoms with E-state index in [0.29, 0.717) is 24.3 Å². The van der Waals surface area contributed by atoms with Gasteiger partial charge in [0.2, 0.25) is 11.8 Å². The van der Waals surface area contributed by atoms with E-state index in [0.717, 1.165) is 9.87 Å². The molecule has 0 saturated carbocycles. The Kier molecular flexibility index (Phi) is 10.8. The van der Waals surface area contributed by atoms with Gasteiger partial charge in [0.05, 0.1) is 22.7 Å². The Morgan fingerprint density at radius 1 is 1.00 bits per heavy atom. The van der Waals surface area contributed by atoms with Gasteiger partial charge in [0.25, 0.3) is 10.0 Å². The van der Waals surface area contributed by atoms with E-state index in [-0.39, 0.29) is 33.1 Å². The summed E-state index contributed by atoms with van der Waals surface area (Å²) in [6.07, 6.45) is 0.310. The Hall–Kier alpha value is -3.27. The molecule has 11 heteroatoms. The van der Waals surface area contributed by atoms with Gasteiger partial charge in [0.15, 0.2) is 0 Å². The quantitative estimate of drug-likeness (QED) is 0.296. The first-order chi connectivity index (χ1) is 19.0. The van der Waals surface area contributed by atoms with E-state index in [2.05, 4.69) is 5.32 Å². The number of nitrogens with one attached hydrogen (secondary N) is 1. The lowest BCUT2D eigenvalue weighted by Crippen LogP contribution is -2.52. The second kappa shape index (κ2) is 13.9. The summed E-state index contributed by atoms with van der Waals surface area (Å²) in [5, 5.41) is 3.12. The number of methoxy groups -OCH3 is 1. The minimum absolute atomic E-state index is 0.0166. The van der Waals surface area contributed by atoms with Gasteiger partial charge in [0.1, 0.15) is 18.3 Å². The van der Waals surface area contributed by atoms with Crippen molar-refractivity contribution < 1.29 is 22.7 Å². The second-order valence-electron chi connectivity index (χ2n) is 9.11. The van der Waals surface area contributed by atoms with Gasteiger partial charge < -0.3 is 15.0 Å². The normalized spacial score (nSPS) is 11.9. The predicted molar refractivity (Wildman–Crippen MR) is 158 cm³/mol. The van der Waals surface area contributed by atoms with Crippen molar-refractivity contribution in [1.82, 2.24) is 10.2 Å². The Morgan fingerprint density at radius 3 is 2.33 bits per heavy atom. The van der Waals surface area contributed by atoms with Gasteiger partial charge in [-0.2, -0.15) is 0 Å². The van der Waals surface area contributed by atoms with E-state index in [1.807, 2.05) is 13.0 Å². The van der Waals surface area contributed by atoms with Crippen LogP contribution in [0.4, 0.5) is 5.69 Å². The number of anilines is 1. The van der Waals surface area contributed by atoms with Crippen molar-refractivity contribution in [2.45, 2.75) is 44.7 Å². The molecule has 0 fully saturated rings. The maximum atomic E-state index is 14.1. The number of ether oxygens (including phenoxy) is 1. The molecule has 214 valence electrons. The van der Waals surface area contributed by atoms with Gasteiger partial charge in [0, 0.05) is 18.1 Å². The highest BCUT2D eigenvalue weighted by Crippen LogP contribution is 2.33. The van der Waals surface area contributed by atoms with Crippen LogP contribution in [-0.4, -0.2) is 51.4 Å². The molecule has 1 N–H and O–H groups in total. The van der Waals surface area contributed by atoms with Crippen molar-refractivity contribution in [3.8, 4) is 5.75 Å². The fraction of sp³-hybridized carbons (Fsp3) is 0.310. The van der Waals surface area contributed by atoms with Crippen LogP contribution in [0.15, 0.2) is 71.6 Å². The Morgan fingerprint density at radius 2 is 1.70 bits per heavy atom. The van der Waals surface area contributed by atoms with Crippen LogP contribution in [0.5, 0.6) is 5.75 Å². The lowest BCUT2D eigenvalue weighted by molar-refractivity contribution is -0.140. The number of nitrogens with zero attached hydrogens (tertiary/aromatic N) is 2. The summed E-state index contributed by atoms with van der Waals surface area (Å²) in [5.41, 5.74) is 1.64. The molecule has 2 amide bonds. The van der Waals surface area contributed by atoms with Gasteiger partial charge in [-0.3, -0.25) is 13.9 Å². The lowest BCUT2D eigenvalue weighted by Gasteiger charge is -2.33. The number of aryl methyl sites for hydroxylation is 1. The topological polar surface area (TPSA) is 96.0 Å². The van der Waals surface area contributed by atoms with Gasteiger partial charge in [-0.15, -0.1) is 0 Å². The van der Waals surface area contributed by atoms with Crippen LogP contribution in [0.25, 0.3) is 0 Å². The summed E-state index contributed by atoms with van der Waals surface area (Å²) >= 11 is 12.7. The van der Waals surface area contributed by atoms with E-state index >= 15 is 0 Å². The molecule has 3 rings (SSSR count). The molecule has 0 aliphatic heterocycles. The molecule has 0 aromatic heterocycles. The molecule has 0 radical (unpaired) electrons. The maximum Gasteiger partial charge on any atom is 0.264 e. The molecule has 0 saturated heterocycles. The first-order valence-electron chi connectivity index (χ1n) is 12.8. The Balaban J connectivity index is 2.11. The van der Waals surface area contributed by atoms with Crippen molar-refractivity contribution in [3.63, 3.8) is 0 Å². The van der Waals surface area contributed by atoms with E-state index in [9.17, 15) is 18.0 Å². The van der Waals surface area contributed by atoms with Gasteiger partial charge >= 0.3 is 0 Å². The van der Waals surface area contributed by atoms with Gasteiger partial charge in [-0.05, 0) is 68.3 Å². The third kappa shape index (κ3) is 7.47. The smallest absolute Gasteiger partial charge is 0.264 e. The Labute approximate surface area is 245 Å². The molecule has 0 unspecified atom stereocenters. The highest BCUT2D eigenvalue weighted by atomic mass is 35.5. The van der Waals surface area contributed by atoms with E-state index in [4.69, 9.17) is 27.9 Å². The molecule has 0 spiro atoms. The summed E-state index contributed by atoms with van der Waals surface area (Å²) in [5.74, 6) is -0.340. The predicted octanol–water partition coefficient (Wildman–Crippen LogP) is 5.45. The first-order valence-corrected chi connectivity index (χ1v) is 15.0. The molecule has 3 aromatic rings. The summed E-state index contributed by atoms with van der Waals surface area (Å²) in [4.78, 5) is 28.5. The van der Waals surface area contributed by atoms with Crippen LogP contribution >= 0.6 is 23.2 Å². The van der Waals surface area contributed by atoms with Crippen LogP contribution < -0.4 is 14.4 Å². The zero-order chi connectivity index (χ0) is 29.4. The molecule has 40 heavy (non-hydrogen) atoms. The SMILES string of the molecule is CCNC(=O)[C@@H](CC)N(Cc1cccc(OC)c1)C(=O)CN(c1cc(Cl)ccc1Cl)S(=O)(=O)c1ccc(C)cc1. The van der Waals surface area contributed by atoms with Crippen molar-refractivity contribution in [1.29, 1.82) is 0 Å². The number of rotatable bonds is 12. The fourth-order valence-corrected chi connectivity index (χ4v) is 6.07. The maximum absolute atomic E-state index is 14.1. The van der Waals surface area contributed by atoms with Crippen LogP contribution in [0.2, 0.25) is 10.0 Å². The number of likely N-dealkylation sites (N-methyl/N-ethyl adjacent to an activating group) is 1. The van der Waals surface area contributed by atoms with Crippen molar-refractivity contribution >= 4 is 50.7 Å². The molecule has 3 aromatic carbocycles. The van der Waals surface area contributed by atoms with E-state index in [1.54, 1.807) is 44.2 Å². The van der Waals surface area contributed by atoms with Crippen molar-refractivity contribution in [2.24, 2.45) is 0 Å². The van der Waals surface area contributed by atoms with Crippen molar-refractivity contribution in [2.75, 3.05) is 24.5 Å². The Bertz CT molecular complexity index is 1450. The number of sulfonamides is 1. The minimum Gasteiger partial charge on any atom is -0.497 e. The zero-order valence-electron chi connectivity index (χ0n) is 22.9. The van der Waals surface area contributed by atoms with Crippen LogP contribution in [0, 0.1) is 6.92 Å². The first kappa shape index (κ1) is 31.3.